The first-order chi connectivity index (χ1) is 7.63. The summed E-state index contributed by atoms with van der Waals surface area (Å²) >= 11 is 0. The number of rotatable bonds is 4. The maximum Gasteiger partial charge on any atom is 0.239 e. The van der Waals surface area contributed by atoms with Crippen LogP contribution in [0, 0.1) is 5.92 Å². The van der Waals surface area contributed by atoms with Crippen molar-refractivity contribution in [3.8, 4) is 0 Å². The van der Waals surface area contributed by atoms with E-state index in [1.807, 2.05) is 6.92 Å². The van der Waals surface area contributed by atoms with Gasteiger partial charge in [0.15, 0.2) is 0 Å². The molecule has 0 aromatic rings. The number of likely N-dealkylation sites (N-methyl/N-ethyl adjacent to an activating group) is 1. The topological polar surface area (TPSA) is 70.2 Å². The summed E-state index contributed by atoms with van der Waals surface area (Å²) in [5.74, 6) is 0.360. The van der Waals surface area contributed by atoms with Crippen molar-refractivity contribution in [3.63, 3.8) is 0 Å². The van der Waals surface area contributed by atoms with Crippen LogP contribution in [0.2, 0.25) is 0 Å². The lowest BCUT2D eigenvalue weighted by Crippen LogP contribution is -2.50. The first-order valence-corrected chi connectivity index (χ1v) is 5.91. The summed E-state index contributed by atoms with van der Waals surface area (Å²) < 4.78 is 0. The Balaban J connectivity index is 2.26. The predicted octanol–water partition coefficient (Wildman–Crippen LogP) is -0.373. The molecule has 0 aliphatic carbocycles. The zero-order valence-corrected chi connectivity index (χ0v) is 10.0. The van der Waals surface area contributed by atoms with E-state index in [0.717, 1.165) is 19.4 Å². The molecule has 92 valence electrons. The molecule has 1 saturated heterocycles. The van der Waals surface area contributed by atoms with Crippen molar-refractivity contribution in [3.05, 3.63) is 0 Å². The molecule has 1 heterocycles. The average Bonchev–Trinajstić information content (AvgIpc) is 2.26. The lowest BCUT2D eigenvalue weighted by Gasteiger charge is -2.27. The smallest absolute Gasteiger partial charge is 0.239 e. The van der Waals surface area contributed by atoms with Crippen molar-refractivity contribution < 1.29 is 9.59 Å². The van der Waals surface area contributed by atoms with E-state index in [9.17, 15) is 9.59 Å². The van der Waals surface area contributed by atoms with Gasteiger partial charge in [-0.25, -0.2) is 0 Å². The Hall–Kier alpha value is -1.10. The van der Waals surface area contributed by atoms with Gasteiger partial charge in [-0.3, -0.25) is 9.59 Å². The lowest BCUT2D eigenvalue weighted by molar-refractivity contribution is -0.127. The number of carbonyl (C=O) groups is 2. The summed E-state index contributed by atoms with van der Waals surface area (Å²) in [6.45, 7) is 5.53. The maximum absolute atomic E-state index is 11.7. The number of carbonyl (C=O) groups excluding carboxylic acids is 2. The molecule has 0 aromatic heterocycles. The molecule has 5 nitrogen and oxygen atoms in total. The Bertz CT molecular complexity index is 256. The Morgan fingerprint density at radius 3 is 2.75 bits per heavy atom. The van der Waals surface area contributed by atoms with Crippen LogP contribution in [0.4, 0.5) is 0 Å². The van der Waals surface area contributed by atoms with Crippen molar-refractivity contribution >= 4 is 11.8 Å². The fourth-order valence-electron chi connectivity index (χ4n) is 1.86. The zero-order chi connectivity index (χ0) is 12.0. The molecule has 1 rings (SSSR count). The second-order valence-corrected chi connectivity index (χ2v) is 4.31. The quantitative estimate of drug-likeness (QED) is 0.613. The van der Waals surface area contributed by atoms with E-state index in [1.54, 1.807) is 0 Å². The van der Waals surface area contributed by atoms with Crippen LogP contribution >= 0.6 is 0 Å². The number of piperidine rings is 1. The van der Waals surface area contributed by atoms with Crippen LogP contribution in [0.5, 0.6) is 0 Å². The summed E-state index contributed by atoms with van der Waals surface area (Å²) in [7, 11) is 0. The molecule has 0 saturated carbocycles. The molecule has 2 amide bonds. The van der Waals surface area contributed by atoms with Crippen LogP contribution in [0.1, 0.15) is 26.7 Å². The molecule has 2 unspecified atom stereocenters. The normalized spacial score (nSPS) is 24.9. The van der Waals surface area contributed by atoms with E-state index in [1.165, 1.54) is 0 Å². The molecule has 1 aliphatic rings. The number of amides is 2. The number of nitrogens with one attached hydrogen (secondary N) is 3. The Morgan fingerprint density at radius 1 is 1.38 bits per heavy atom. The molecular weight excluding hydrogens is 206 g/mol. The van der Waals surface area contributed by atoms with E-state index in [2.05, 4.69) is 22.9 Å². The average molecular weight is 227 g/mol. The molecule has 3 N–H and O–H groups in total. The van der Waals surface area contributed by atoms with Gasteiger partial charge in [0.2, 0.25) is 11.8 Å². The molecule has 2 atom stereocenters. The second kappa shape index (κ2) is 6.48. The molecular formula is C11H21N3O2. The summed E-state index contributed by atoms with van der Waals surface area (Å²) in [5.41, 5.74) is 0. The highest BCUT2D eigenvalue weighted by molar-refractivity contribution is 5.87. The van der Waals surface area contributed by atoms with Crippen molar-refractivity contribution in [2.24, 2.45) is 5.92 Å². The predicted molar refractivity (Wildman–Crippen MR) is 61.9 cm³/mol. The van der Waals surface area contributed by atoms with Gasteiger partial charge in [-0.2, -0.15) is 0 Å². The largest absolute Gasteiger partial charge is 0.355 e. The van der Waals surface area contributed by atoms with Gasteiger partial charge in [-0.15, -0.1) is 0 Å². The molecule has 1 aliphatic heterocycles. The molecule has 0 aromatic carbocycles. The van der Waals surface area contributed by atoms with Gasteiger partial charge in [0.05, 0.1) is 12.6 Å². The Kier molecular flexibility index (Phi) is 5.25. The van der Waals surface area contributed by atoms with Gasteiger partial charge in [-0.05, 0) is 32.2 Å². The van der Waals surface area contributed by atoms with Crippen molar-refractivity contribution in [2.45, 2.75) is 32.7 Å². The van der Waals surface area contributed by atoms with E-state index in [-0.39, 0.29) is 24.4 Å². The fourth-order valence-corrected chi connectivity index (χ4v) is 1.86. The fraction of sp³-hybridized carbons (Fsp3) is 0.818. The number of hydrogen-bond donors (Lipinski definition) is 3. The highest BCUT2D eigenvalue weighted by Crippen LogP contribution is 2.14. The lowest BCUT2D eigenvalue weighted by atomic mass is 9.94. The zero-order valence-electron chi connectivity index (χ0n) is 10.0. The highest BCUT2D eigenvalue weighted by atomic mass is 16.2. The monoisotopic (exact) mass is 227 g/mol. The third-order valence-electron chi connectivity index (χ3n) is 2.78. The van der Waals surface area contributed by atoms with Gasteiger partial charge >= 0.3 is 0 Å². The van der Waals surface area contributed by atoms with Gasteiger partial charge < -0.3 is 16.0 Å². The van der Waals surface area contributed by atoms with Crippen LogP contribution in [0.15, 0.2) is 0 Å². The highest BCUT2D eigenvalue weighted by Gasteiger charge is 2.24. The van der Waals surface area contributed by atoms with Crippen LogP contribution in [-0.2, 0) is 9.59 Å². The van der Waals surface area contributed by atoms with Crippen molar-refractivity contribution in [1.29, 1.82) is 0 Å². The first-order valence-electron chi connectivity index (χ1n) is 5.91. The standard InChI is InChI=1S/C11H21N3O2/c1-3-12-10(15)7-14-11(16)9-6-8(2)4-5-13-9/h8-9,13H,3-7H2,1-2H3,(H,12,15)(H,14,16). The minimum atomic E-state index is -0.141. The molecule has 1 fully saturated rings. The van der Waals surface area contributed by atoms with Crippen LogP contribution in [0.25, 0.3) is 0 Å². The van der Waals surface area contributed by atoms with Crippen molar-refractivity contribution in [1.82, 2.24) is 16.0 Å². The van der Waals surface area contributed by atoms with E-state index in [0.29, 0.717) is 12.5 Å². The van der Waals surface area contributed by atoms with Crippen molar-refractivity contribution in [2.75, 3.05) is 19.6 Å². The van der Waals surface area contributed by atoms with Gasteiger partial charge in [0, 0.05) is 6.54 Å². The van der Waals surface area contributed by atoms with Crippen LogP contribution < -0.4 is 16.0 Å². The molecule has 0 radical (unpaired) electrons. The molecule has 5 heteroatoms. The molecule has 0 bridgehead atoms. The third kappa shape index (κ3) is 4.18. The second-order valence-electron chi connectivity index (χ2n) is 4.31. The van der Waals surface area contributed by atoms with Gasteiger partial charge in [-0.1, -0.05) is 6.92 Å². The number of hydrogen-bond acceptors (Lipinski definition) is 3. The van der Waals surface area contributed by atoms with Gasteiger partial charge in [0.25, 0.3) is 0 Å². The van der Waals surface area contributed by atoms with E-state index < -0.39 is 0 Å². The summed E-state index contributed by atoms with van der Waals surface area (Å²) in [6, 6.07) is -0.141. The summed E-state index contributed by atoms with van der Waals surface area (Å²) in [5, 5.41) is 8.44. The van der Waals surface area contributed by atoms with E-state index in [4.69, 9.17) is 0 Å². The Labute approximate surface area is 96.4 Å². The van der Waals surface area contributed by atoms with Gasteiger partial charge in [0.1, 0.15) is 0 Å². The van der Waals surface area contributed by atoms with Crippen LogP contribution in [0.3, 0.4) is 0 Å². The minimum Gasteiger partial charge on any atom is -0.355 e. The van der Waals surface area contributed by atoms with Crippen LogP contribution in [-0.4, -0.2) is 37.5 Å². The summed E-state index contributed by atoms with van der Waals surface area (Å²) in [6.07, 6.45) is 1.96. The molecule has 0 spiro atoms. The van der Waals surface area contributed by atoms with E-state index >= 15 is 0 Å². The SMILES string of the molecule is CCNC(=O)CNC(=O)C1CC(C)CCN1. The third-order valence-corrected chi connectivity index (χ3v) is 2.78. The first kappa shape index (κ1) is 13.0. The Morgan fingerprint density at radius 2 is 2.12 bits per heavy atom. The maximum atomic E-state index is 11.7. The minimum absolute atomic E-state index is 0.0687. The molecule has 16 heavy (non-hydrogen) atoms. The summed E-state index contributed by atoms with van der Waals surface area (Å²) in [4.78, 5) is 22.8.